The number of carbonyl (C=O) groups excluding carboxylic acids is 1. The maximum Gasteiger partial charge on any atom is 0.326 e. The molecule has 1 atom stereocenters. The van der Waals surface area contributed by atoms with Crippen molar-refractivity contribution in [2.75, 3.05) is 19.9 Å². The number of carbonyl (C=O) groups is 1. The van der Waals surface area contributed by atoms with Crippen molar-refractivity contribution in [3.05, 3.63) is 94.0 Å². The van der Waals surface area contributed by atoms with Crippen LogP contribution in [0.4, 0.5) is 0 Å². The van der Waals surface area contributed by atoms with Crippen molar-refractivity contribution in [3.8, 4) is 11.5 Å². The van der Waals surface area contributed by atoms with E-state index in [0.717, 1.165) is 58.1 Å². The van der Waals surface area contributed by atoms with Crippen LogP contribution in [0.1, 0.15) is 54.8 Å². The van der Waals surface area contributed by atoms with Crippen LogP contribution >= 0.6 is 0 Å². The Morgan fingerprint density at radius 1 is 1.02 bits per heavy atom. The number of aromatic nitrogens is 3. The lowest BCUT2D eigenvalue weighted by Crippen LogP contribution is -2.41. The molecule has 1 saturated heterocycles. The number of likely N-dealkylation sites (tertiary alicyclic amines) is 1. The molecule has 8 heteroatoms. The van der Waals surface area contributed by atoms with Crippen LogP contribution in [0.25, 0.3) is 21.9 Å². The summed E-state index contributed by atoms with van der Waals surface area (Å²) in [6.45, 7) is 3.61. The van der Waals surface area contributed by atoms with Gasteiger partial charge in [0.2, 0.25) is 12.7 Å². The Morgan fingerprint density at radius 3 is 2.70 bits per heavy atom. The zero-order valence-electron chi connectivity index (χ0n) is 22.5. The number of piperidine rings is 1. The van der Waals surface area contributed by atoms with E-state index in [-0.39, 0.29) is 30.3 Å². The Hall–Kier alpha value is -4.46. The fourth-order valence-corrected chi connectivity index (χ4v) is 6.47. The summed E-state index contributed by atoms with van der Waals surface area (Å²) in [5, 5.41) is 1.15. The van der Waals surface area contributed by atoms with E-state index in [1.807, 2.05) is 51.9 Å². The third-order valence-corrected chi connectivity index (χ3v) is 8.57. The van der Waals surface area contributed by atoms with E-state index in [4.69, 9.17) is 9.47 Å². The quantitative estimate of drug-likeness (QED) is 0.300. The molecule has 0 bridgehead atoms. The Balaban J connectivity index is 1.16. The predicted molar refractivity (Wildman–Crippen MR) is 154 cm³/mol. The number of hydrogen-bond acceptors (Lipinski definition) is 4. The van der Waals surface area contributed by atoms with Crippen LogP contribution in [0.3, 0.4) is 0 Å². The highest BCUT2D eigenvalue weighted by Crippen LogP contribution is 2.40. The van der Waals surface area contributed by atoms with Gasteiger partial charge in [-0.25, -0.2) is 4.79 Å². The zero-order valence-corrected chi connectivity index (χ0v) is 22.5. The SMILES string of the molecule is CCc1cccc2c(C(CC(=O)N3CCC(n4c(=O)[nH]c5ccccc54)CC3)c3ccc4c(c3)OCO4)c[nH]c12. The second kappa shape index (κ2) is 9.93. The van der Waals surface area contributed by atoms with Gasteiger partial charge in [-0.1, -0.05) is 43.3 Å². The van der Waals surface area contributed by atoms with Crippen LogP contribution in [0.5, 0.6) is 11.5 Å². The number of para-hydroxylation sites is 3. The minimum atomic E-state index is -0.142. The Labute approximate surface area is 231 Å². The lowest BCUT2D eigenvalue weighted by atomic mass is 9.87. The number of ether oxygens (including phenoxy) is 2. The first-order valence-corrected chi connectivity index (χ1v) is 14.1. The van der Waals surface area contributed by atoms with Crippen molar-refractivity contribution >= 4 is 27.8 Å². The number of rotatable bonds is 6. The molecule has 7 rings (SSSR count). The molecule has 5 aromatic rings. The van der Waals surface area contributed by atoms with Crippen molar-refractivity contribution in [1.29, 1.82) is 0 Å². The van der Waals surface area contributed by atoms with Gasteiger partial charge in [0.25, 0.3) is 0 Å². The van der Waals surface area contributed by atoms with Crippen molar-refractivity contribution < 1.29 is 14.3 Å². The van der Waals surface area contributed by atoms with Gasteiger partial charge in [-0.2, -0.15) is 0 Å². The molecule has 0 saturated carbocycles. The highest BCUT2D eigenvalue weighted by molar-refractivity contribution is 5.88. The summed E-state index contributed by atoms with van der Waals surface area (Å²) in [6, 6.07) is 20.2. The van der Waals surface area contributed by atoms with Crippen LogP contribution in [0.2, 0.25) is 0 Å². The summed E-state index contributed by atoms with van der Waals surface area (Å²) in [5.41, 5.74) is 6.21. The minimum Gasteiger partial charge on any atom is -0.454 e. The molecule has 2 aliphatic rings. The van der Waals surface area contributed by atoms with E-state index in [1.54, 1.807) is 0 Å². The maximum absolute atomic E-state index is 13.8. The Kier molecular flexibility index (Phi) is 6.10. The summed E-state index contributed by atoms with van der Waals surface area (Å²) in [6.07, 6.45) is 4.83. The molecule has 3 aromatic carbocycles. The van der Waals surface area contributed by atoms with Crippen LogP contribution in [-0.2, 0) is 11.2 Å². The zero-order chi connectivity index (χ0) is 27.2. The number of imidazole rings is 1. The van der Waals surface area contributed by atoms with E-state index in [1.165, 1.54) is 5.56 Å². The number of hydrogen-bond donors (Lipinski definition) is 2. The van der Waals surface area contributed by atoms with Gasteiger partial charge in [-0.15, -0.1) is 0 Å². The summed E-state index contributed by atoms with van der Waals surface area (Å²) in [7, 11) is 0. The number of amides is 1. The highest BCUT2D eigenvalue weighted by Gasteiger charge is 2.30. The first kappa shape index (κ1) is 24.6. The van der Waals surface area contributed by atoms with E-state index in [2.05, 4.69) is 41.3 Å². The molecule has 204 valence electrons. The van der Waals surface area contributed by atoms with E-state index >= 15 is 0 Å². The van der Waals surface area contributed by atoms with Gasteiger partial charge in [0.1, 0.15) is 0 Å². The second-order valence-electron chi connectivity index (χ2n) is 10.7. The molecular weight excluding hydrogens is 504 g/mol. The molecule has 1 amide bonds. The predicted octanol–water partition coefficient (Wildman–Crippen LogP) is 5.49. The van der Waals surface area contributed by atoms with Crippen molar-refractivity contribution in [1.82, 2.24) is 19.4 Å². The summed E-state index contributed by atoms with van der Waals surface area (Å²) in [5.74, 6) is 1.43. The largest absolute Gasteiger partial charge is 0.454 e. The molecular formula is C32H32N4O4. The van der Waals surface area contributed by atoms with Gasteiger partial charge in [0.05, 0.1) is 11.0 Å². The van der Waals surface area contributed by atoms with Crippen LogP contribution in [-0.4, -0.2) is 45.2 Å². The minimum absolute atomic E-state index is 0.0680. The second-order valence-corrected chi connectivity index (χ2v) is 10.7. The summed E-state index contributed by atoms with van der Waals surface area (Å²) >= 11 is 0. The number of nitrogens with zero attached hydrogens (tertiary/aromatic N) is 2. The monoisotopic (exact) mass is 536 g/mol. The molecule has 2 aliphatic heterocycles. The third kappa shape index (κ3) is 4.15. The number of fused-ring (bicyclic) bond motifs is 3. The molecule has 4 heterocycles. The number of benzene rings is 3. The van der Waals surface area contributed by atoms with Crippen LogP contribution < -0.4 is 15.2 Å². The molecule has 2 aromatic heterocycles. The van der Waals surface area contributed by atoms with E-state index < -0.39 is 0 Å². The average molecular weight is 537 g/mol. The number of nitrogens with one attached hydrogen (secondary N) is 2. The van der Waals surface area contributed by atoms with E-state index in [0.29, 0.717) is 25.3 Å². The topological polar surface area (TPSA) is 92.3 Å². The molecule has 1 fully saturated rings. The lowest BCUT2D eigenvalue weighted by molar-refractivity contribution is -0.132. The standard InChI is InChI=1S/C32H32N4O4/c1-2-20-6-5-7-23-25(18-33-31(20)23)24(21-10-11-28-29(16-21)40-19-39-28)17-30(37)35-14-12-22(13-15-35)36-27-9-4-3-8-26(27)34-32(36)38/h3-11,16,18,22,24,33H,2,12-15,17,19H2,1H3,(H,34,38). The third-order valence-electron chi connectivity index (χ3n) is 8.57. The molecule has 2 N–H and O–H groups in total. The van der Waals surface area contributed by atoms with Gasteiger partial charge in [-0.3, -0.25) is 9.36 Å². The molecule has 8 nitrogen and oxygen atoms in total. The van der Waals surface area contributed by atoms with Crippen molar-refractivity contribution in [2.45, 2.75) is 44.6 Å². The summed E-state index contributed by atoms with van der Waals surface area (Å²) < 4.78 is 13.1. The van der Waals surface area contributed by atoms with Gasteiger partial charge in [0, 0.05) is 48.6 Å². The van der Waals surface area contributed by atoms with Gasteiger partial charge in [0.15, 0.2) is 11.5 Å². The number of H-pyrrole nitrogens is 2. The van der Waals surface area contributed by atoms with Crippen LogP contribution in [0.15, 0.2) is 71.7 Å². The summed E-state index contributed by atoms with van der Waals surface area (Å²) in [4.78, 5) is 35.0. The fraction of sp³-hybridized carbons (Fsp3) is 0.312. The fourth-order valence-electron chi connectivity index (χ4n) is 6.47. The number of aryl methyl sites for hydroxylation is 1. The molecule has 0 aliphatic carbocycles. The van der Waals surface area contributed by atoms with Crippen molar-refractivity contribution in [3.63, 3.8) is 0 Å². The van der Waals surface area contributed by atoms with Gasteiger partial charge >= 0.3 is 5.69 Å². The molecule has 40 heavy (non-hydrogen) atoms. The Bertz CT molecular complexity index is 1770. The Morgan fingerprint density at radius 2 is 1.85 bits per heavy atom. The normalized spacial score (nSPS) is 16.2. The van der Waals surface area contributed by atoms with Crippen molar-refractivity contribution in [2.24, 2.45) is 0 Å². The highest BCUT2D eigenvalue weighted by atomic mass is 16.7. The van der Waals surface area contributed by atoms with Gasteiger partial charge in [-0.05, 0) is 60.2 Å². The lowest BCUT2D eigenvalue weighted by Gasteiger charge is -2.33. The van der Waals surface area contributed by atoms with Crippen LogP contribution in [0, 0.1) is 0 Å². The maximum atomic E-state index is 13.8. The first-order valence-electron chi connectivity index (χ1n) is 14.1. The molecule has 0 radical (unpaired) electrons. The van der Waals surface area contributed by atoms with Gasteiger partial charge < -0.3 is 24.3 Å². The smallest absolute Gasteiger partial charge is 0.326 e. The molecule has 1 unspecified atom stereocenters. The van der Waals surface area contributed by atoms with E-state index in [9.17, 15) is 9.59 Å². The first-order chi connectivity index (χ1) is 19.6. The number of aromatic amines is 2. The molecule has 0 spiro atoms. The average Bonchev–Trinajstić information content (AvgIpc) is 3.71.